The van der Waals surface area contributed by atoms with Crippen LogP contribution in [0.5, 0.6) is 0 Å². The molecule has 0 bridgehead atoms. The predicted molar refractivity (Wildman–Crippen MR) is 110 cm³/mol. The molecule has 1 nitrogen and oxygen atoms in total. The Morgan fingerprint density at radius 3 is 2.07 bits per heavy atom. The molecule has 0 aromatic heterocycles. The molecule has 30 heavy (non-hydrogen) atoms. The van der Waals surface area contributed by atoms with Crippen molar-refractivity contribution in [2.75, 3.05) is 6.61 Å². The van der Waals surface area contributed by atoms with Crippen molar-refractivity contribution in [3.8, 4) is 11.1 Å². The lowest BCUT2D eigenvalue weighted by Gasteiger charge is -2.42. The van der Waals surface area contributed by atoms with Crippen LogP contribution in [0.2, 0.25) is 5.02 Å². The summed E-state index contributed by atoms with van der Waals surface area (Å²) in [5.74, 6) is -2.47. The van der Waals surface area contributed by atoms with Crippen LogP contribution in [0.1, 0.15) is 56.9 Å². The largest absolute Gasteiger partial charge is 0.378 e. The first-order valence-electron chi connectivity index (χ1n) is 10.6. The number of benzene rings is 2. The summed E-state index contributed by atoms with van der Waals surface area (Å²) >= 11 is 5.48. The Kier molecular flexibility index (Phi) is 6.40. The summed E-state index contributed by atoms with van der Waals surface area (Å²) in [4.78, 5) is 0. The summed E-state index contributed by atoms with van der Waals surface area (Å²) in [5.41, 5.74) is -0.0120. The molecule has 2 fully saturated rings. The number of hydrogen-bond donors (Lipinski definition) is 0. The molecule has 0 aliphatic heterocycles. The Bertz CT molecular complexity index is 885. The Morgan fingerprint density at radius 1 is 0.833 bits per heavy atom. The molecular weight excluding hydrogens is 416 g/mol. The van der Waals surface area contributed by atoms with Crippen LogP contribution in [0.15, 0.2) is 24.3 Å². The summed E-state index contributed by atoms with van der Waals surface area (Å²) < 4.78 is 63.0. The highest BCUT2D eigenvalue weighted by Crippen LogP contribution is 2.47. The first-order chi connectivity index (χ1) is 14.4. The van der Waals surface area contributed by atoms with Crippen molar-refractivity contribution in [1.82, 2.24) is 0 Å². The molecule has 0 N–H and O–H groups in total. The average Bonchev–Trinajstić information content (AvgIpc) is 2.71. The molecule has 4 atom stereocenters. The zero-order valence-electron chi connectivity index (χ0n) is 16.9. The Balaban J connectivity index is 1.55. The van der Waals surface area contributed by atoms with E-state index < -0.39 is 33.9 Å². The first kappa shape index (κ1) is 21.6. The van der Waals surface area contributed by atoms with Crippen LogP contribution in [-0.4, -0.2) is 12.7 Å². The van der Waals surface area contributed by atoms with Crippen LogP contribution < -0.4 is 0 Å². The number of hydrogen-bond acceptors (Lipinski definition) is 1. The van der Waals surface area contributed by atoms with E-state index in [4.69, 9.17) is 16.3 Å². The Labute approximate surface area is 179 Å². The molecule has 4 unspecified atom stereocenters. The number of rotatable bonds is 4. The van der Waals surface area contributed by atoms with Gasteiger partial charge in [0.25, 0.3) is 0 Å². The number of halogens is 5. The van der Waals surface area contributed by atoms with E-state index in [-0.39, 0.29) is 11.5 Å². The fraction of sp³-hybridized carbons (Fsp3) is 0.500. The van der Waals surface area contributed by atoms with Gasteiger partial charge in [0.05, 0.1) is 11.7 Å². The molecule has 0 amide bonds. The van der Waals surface area contributed by atoms with Crippen LogP contribution in [0.4, 0.5) is 17.6 Å². The minimum Gasteiger partial charge on any atom is -0.378 e. The lowest BCUT2D eigenvalue weighted by Crippen LogP contribution is -2.33. The van der Waals surface area contributed by atoms with Gasteiger partial charge in [-0.2, -0.15) is 0 Å². The molecular formula is C24H25ClF4O. The highest BCUT2D eigenvalue weighted by atomic mass is 35.5. The quantitative estimate of drug-likeness (QED) is 0.350. The van der Waals surface area contributed by atoms with E-state index in [1.807, 2.05) is 6.92 Å². The SMILES string of the molecule is CCOC1CCC2CC(c3cc(F)c(-c4cc(F)c(Cl)c(F)c4)c(F)c3)CCC2C1. The number of ether oxygens (including phenoxy) is 1. The maximum atomic E-state index is 14.9. The van der Waals surface area contributed by atoms with Gasteiger partial charge in [0.15, 0.2) is 0 Å². The highest BCUT2D eigenvalue weighted by Gasteiger charge is 2.36. The second kappa shape index (κ2) is 8.88. The highest BCUT2D eigenvalue weighted by molar-refractivity contribution is 6.31. The third-order valence-corrected chi connectivity index (χ3v) is 7.14. The van der Waals surface area contributed by atoms with Crippen molar-refractivity contribution in [2.24, 2.45) is 11.8 Å². The molecule has 0 heterocycles. The van der Waals surface area contributed by atoms with Gasteiger partial charge in [0.2, 0.25) is 0 Å². The van der Waals surface area contributed by atoms with Gasteiger partial charge in [-0.05, 0) is 98.6 Å². The molecule has 4 rings (SSSR count). The maximum absolute atomic E-state index is 14.9. The van der Waals surface area contributed by atoms with Crippen molar-refractivity contribution in [2.45, 2.75) is 57.5 Å². The molecule has 6 heteroatoms. The van der Waals surface area contributed by atoms with Gasteiger partial charge < -0.3 is 4.74 Å². The van der Waals surface area contributed by atoms with Crippen molar-refractivity contribution in [1.29, 1.82) is 0 Å². The topological polar surface area (TPSA) is 9.23 Å². The van der Waals surface area contributed by atoms with E-state index in [2.05, 4.69) is 0 Å². The third kappa shape index (κ3) is 4.24. The zero-order chi connectivity index (χ0) is 21.4. The predicted octanol–water partition coefficient (Wildman–Crippen LogP) is 7.65. The maximum Gasteiger partial charge on any atom is 0.145 e. The summed E-state index contributed by atoms with van der Waals surface area (Å²) in [5, 5.41) is -0.688. The van der Waals surface area contributed by atoms with E-state index in [1.54, 1.807) is 0 Å². The standard InChI is InChI=1S/C24H25ClF4O/c1-2-30-18-6-5-13-7-14(3-4-15(13)8-18)16-9-19(26)23(20(27)10-16)17-11-21(28)24(25)22(29)12-17/h9-15,18H,2-8H2,1H3. The van der Waals surface area contributed by atoms with Crippen LogP contribution in [0.3, 0.4) is 0 Å². The second-order valence-corrected chi connectivity index (χ2v) is 8.91. The monoisotopic (exact) mass is 440 g/mol. The molecule has 2 aromatic carbocycles. The summed E-state index contributed by atoms with van der Waals surface area (Å²) in [6.45, 7) is 2.75. The molecule has 0 radical (unpaired) electrons. The van der Waals surface area contributed by atoms with Crippen molar-refractivity contribution >= 4 is 11.6 Å². The smallest absolute Gasteiger partial charge is 0.145 e. The molecule has 2 aliphatic rings. The fourth-order valence-electron chi connectivity index (χ4n) is 5.34. The summed E-state index contributed by atoms with van der Waals surface area (Å²) in [6, 6.07) is 4.35. The molecule has 0 spiro atoms. The minimum atomic E-state index is -1.05. The van der Waals surface area contributed by atoms with E-state index in [9.17, 15) is 17.6 Å². The molecule has 0 saturated heterocycles. The van der Waals surface area contributed by atoms with E-state index in [0.29, 0.717) is 23.5 Å². The Hall–Kier alpha value is -1.59. The van der Waals surface area contributed by atoms with Gasteiger partial charge in [-0.1, -0.05) is 11.6 Å². The van der Waals surface area contributed by atoms with Crippen LogP contribution in [0.25, 0.3) is 11.1 Å². The van der Waals surface area contributed by atoms with Crippen LogP contribution >= 0.6 is 11.6 Å². The van der Waals surface area contributed by atoms with Crippen molar-refractivity contribution < 1.29 is 22.3 Å². The second-order valence-electron chi connectivity index (χ2n) is 8.53. The summed E-state index contributed by atoms with van der Waals surface area (Å²) in [6.07, 6.45) is 6.34. The third-order valence-electron chi connectivity index (χ3n) is 6.78. The van der Waals surface area contributed by atoms with E-state index in [1.165, 1.54) is 12.1 Å². The Morgan fingerprint density at radius 2 is 1.43 bits per heavy atom. The molecule has 2 saturated carbocycles. The van der Waals surface area contributed by atoms with Crippen LogP contribution in [0, 0.1) is 35.1 Å². The van der Waals surface area contributed by atoms with Crippen molar-refractivity contribution in [3.05, 3.63) is 58.1 Å². The van der Waals surface area contributed by atoms with E-state index >= 15 is 0 Å². The van der Waals surface area contributed by atoms with Crippen LogP contribution in [-0.2, 0) is 4.74 Å². The molecule has 2 aromatic rings. The summed E-state index contributed by atoms with van der Waals surface area (Å²) in [7, 11) is 0. The zero-order valence-corrected chi connectivity index (χ0v) is 17.6. The van der Waals surface area contributed by atoms with Gasteiger partial charge in [0.1, 0.15) is 28.3 Å². The van der Waals surface area contributed by atoms with Gasteiger partial charge in [-0.25, -0.2) is 17.6 Å². The molecule has 2 aliphatic carbocycles. The first-order valence-corrected chi connectivity index (χ1v) is 11.0. The van der Waals surface area contributed by atoms with Gasteiger partial charge in [-0.15, -0.1) is 0 Å². The van der Waals surface area contributed by atoms with Crippen molar-refractivity contribution in [3.63, 3.8) is 0 Å². The normalized spacial score (nSPS) is 26.5. The average molecular weight is 441 g/mol. The van der Waals surface area contributed by atoms with Gasteiger partial charge >= 0.3 is 0 Å². The van der Waals surface area contributed by atoms with Gasteiger partial charge in [-0.3, -0.25) is 0 Å². The lowest BCUT2D eigenvalue weighted by atomic mass is 9.65. The number of fused-ring (bicyclic) bond motifs is 1. The molecule has 162 valence electrons. The lowest BCUT2D eigenvalue weighted by molar-refractivity contribution is -0.00957. The minimum absolute atomic E-state index is 0.0895. The van der Waals surface area contributed by atoms with Gasteiger partial charge in [0, 0.05) is 6.61 Å². The van der Waals surface area contributed by atoms with E-state index in [0.717, 1.165) is 57.3 Å². The fourth-order valence-corrected chi connectivity index (χ4v) is 5.45.